The molecule has 0 N–H and O–H groups in total. The maximum atomic E-state index is 13.8. The number of hydrogen-bond acceptors (Lipinski definition) is 5. The maximum Gasteiger partial charge on any atom is 0.266 e. The molecule has 1 heterocycles. The van der Waals surface area contributed by atoms with Crippen LogP contribution in [0.5, 0.6) is 5.75 Å². The zero-order chi connectivity index (χ0) is 27.1. The van der Waals surface area contributed by atoms with Gasteiger partial charge in [0.05, 0.1) is 34.6 Å². The lowest BCUT2D eigenvalue weighted by Gasteiger charge is -2.27. The van der Waals surface area contributed by atoms with Crippen molar-refractivity contribution in [3.05, 3.63) is 94.0 Å². The Morgan fingerprint density at radius 3 is 2.27 bits per heavy atom. The number of fused-ring (bicyclic) bond motifs is 1. The molecular formula is C29H33N3O4S. The molecule has 7 nitrogen and oxygen atoms in total. The summed E-state index contributed by atoms with van der Waals surface area (Å²) in [5, 5.41) is 0.435. The molecule has 194 valence electrons. The number of sulfonamides is 1. The molecule has 0 aliphatic carbocycles. The highest BCUT2D eigenvalue weighted by molar-refractivity contribution is 7.89. The Hall–Kier alpha value is -3.49. The van der Waals surface area contributed by atoms with Gasteiger partial charge < -0.3 is 4.74 Å². The first-order valence-corrected chi connectivity index (χ1v) is 13.6. The summed E-state index contributed by atoms with van der Waals surface area (Å²) < 4.78 is 35.6. The quantitative estimate of drug-likeness (QED) is 0.342. The molecule has 1 unspecified atom stereocenters. The van der Waals surface area contributed by atoms with Gasteiger partial charge >= 0.3 is 0 Å². The minimum atomic E-state index is -3.89. The average molecular weight is 520 g/mol. The van der Waals surface area contributed by atoms with Crippen LogP contribution in [0, 0.1) is 6.92 Å². The van der Waals surface area contributed by atoms with Crippen LogP contribution in [0.15, 0.2) is 76.4 Å². The van der Waals surface area contributed by atoms with Crippen LogP contribution in [-0.4, -0.2) is 36.4 Å². The molecule has 0 amide bonds. The third kappa shape index (κ3) is 4.91. The summed E-state index contributed by atoms with van der Waals surface area (Å²) in [5.41, 5.74) is 2.58. The zero-order valence-corrected chi connectivity index (χ0v) is 23.1. The van der Waals surface area contributed by atoms with Crippen molar-refractivity contribution >= 4 is 20.9 Å². The molecule has 4 aromatic rings. The molecule has 0 radical (unpaired) electrons. The zero-order valence-electron chi connectivity index (χ0n) is 22.3. The fourth-order valence-electron chi connectivity index (χ4n) is 4.30. The fraction of sp³-hybridized carbons (Fsp3) is 0.310. The van der Waals surface area contributed by atoms with Crippen molar-refractivity contribution in [3.63, 3.8) is 0 Å². The van der Waals surface area contributed by atoms with Crippen LogP contribution >= 0.6 is 0 Å². The van der Waals surface area contributed by atoms with E-state index in [-0.39, 0.29) is 15.9 Å². The molecule has 0 saturated carbocycles. The molecule has 0 bridgehead atoms. The lowest BCUT2D eigenvalue weighted by Crippen LogP contribution is -2.35. The van der Waals surface area contributed by atoms with Crippen LogP contribution in [0.25, 0.3) is 16.6 Å². The Morgan fingerprint density at radius 1 is 1.00 bits per heavy atom. The normalized spacial score (nSPS) is 13.2. The summed E-state index contributed by atoms with van der Waals surface area (Å²) in [6.45, 7) is 9.89. The largest absolute Gasteiger partial charge is 0.495 e. The molecule has 8 heteroatoms. The van der Waals surface area contributed by atoms with Crippen molar-refractivity contribution in [2.24, 2.45) is 0 Å². The highest BCUT2D eigenvalue weighted by Gasteiger charge is 2.31. The number of aryl methyl sites for hydroxylation is 1. The predicted molar refractivity (Wildman–Crippen MR) is 147 cm³/mol. The summed E-state index contributed by atoms with van der Waals surface area (Å²) in [6.07, 6.45) is 0. The Kier molecular flexibility index (Phi) is 7.01. The summed E-state index contributed by atoms with van der Waals surface area (Å²) in [7, 11) is -0.844. The molecule has 0 aliphatic heterocycles. The van der Waals surface area contributed by atoms with Gasteiger partial charge in [-0.15, -0.1) is 0 Å². The van der Waals surface area contributed by atoms with Gasteiger partial charge in [0.1, 0.15) is 11.6 Å². The average Bonchev–Trinajstić information content (AvgIpc) is 2.87. The van der Waals surface area contributed by atoms with E-state index >= 15 is 0 Å². The number of methoxy groups -OCH3 is 1. The third-order valence-corrected chi connectivity index (χ3v) is 8.64. The van der Waals surface area contributed by atoms with Gasteiger partial charge in [0.15, 0.2) is 0 Å². The fourth-order valence-corrected chi connectivity index (χ4v) is 5.62. The summed E-state index contributed by atoms with van der Waals surface area (Å²) >= 11 is 0. The minimum absolute atomic E-state index is 0.0978. The molecule has 0 spiro atoms. The van der Waals surface area contributed by atoms with Crippen molar-refractivity contribution in [3.8, 4) is 11.4 Å². The van der Waals surface area contributed by atoms with Gasteiger partial charge in [-0.2, -0.15) is 4.31 Å². The van der Waals surface area contributed by atoms with E-state index in [0.717, 1.165) is 11.1 Å². The monoisotopic (exact) mass is 519 g/mol. The van der Waals surface area contributed by atoms with E-state index in [4.69, 9.17) is 9.72 Å². The first-order chi connectivity index (χ1) is 17.4. The number of para-hydroxylation sites is 1. The van der Waals surface area contributed by atoms with Crippen molar-refractivity contribution in [1.82, 2.24) is 13.9 Å². The van der Waals surface area contributed by atoms with Gasteiger partial charge in [-0.05, 0) is 66.8 Å². The highest BCUT2D eigenvalue weighted by atomic mass is 32.2. The molecule has 1 aromatic heterocycles. The van der Waals surface area contributed by atoms with Gasteiger partial charge in [-0.25, -0.2) is 13.4 Å². The van der Waals surface area contributed by atoms with Gasteiger partial charge in [-0.3, -0.25) is 9.36 Å². The van der Waals surface area contributed by atoms with Gasteiger partial charge in [0.25, 0.3) is 5.56 Å². The number of ether oxygens (including phenoxy) is 1. The summed E-state index contributed by atoms with van der Waals surface area (Å²) in [5.74, 6) is 0.784. The molecular weight excluding hydrogens is 486 g/mol. The maximum absolute atomic E-state index is 13.8. The molecule has 4 rings (SSSR count). The van der Waals surface area contributed by atoms with Crippen LogP contribution in [0.2, 0.25) is 0 Å². The third-order valence-electron chi connectivity index (χ3n) is 6.69. The van der Waals surface area contributed by atoms with Gasteiger partial charge in [0.2, 0.25) is 10.0 Å². The van der Waals surface area contributed by atoms with Gasteiger partial charge in [0, 0.05) is 7.05 Å². The number of aromatic nitrogens is 2. The van der Waals surface area contributed by atoms with Crippen molar-refractivity contribution < 1.29 is 13.2 Å². The summed E-state index contributed by atoms with van der Waals surface area (Å²) in [6, 6.07) is 18.7. The molecule has 0 fully saturated rings. The van der Waals surface area contributed by atoms with E-state index in [1.54, 1.807) is 49.4 Å². The first kappa shape index (κ1) is 26.6. The standard InChI is InChI=1S/C29H33N3O4S/c1-19-12-17-26(36-7)25(18-19)32-27(30-24-11-9-8-10-23(24)28(32)33)20(2)31(6)37(34,35)22-15-13-21(14-16-22)29(3,4)5/h8-18,20H,1-7H3. The lowest BCUT2D eigenvalue weighted by atomic mass is 9.87. The topological polar surface area (TPSA) is 81.5 Å². The smallest absolute Gasteiger partial charge is 0.266 e. The Balaban J connectivity index is 1.90. The Bertz CT molecular complexity index is 1620. The number of hydrogen-bond donors (Lipinski definition) is 0. The molecule has 37 heavy (non-hydrogen) atoms. The highest BCUT2D eigenvalue weighted by Crippen LogP contribution is 2.31. The Morgan fingerprint density at radius 2 is 1.65 bits per heavy atom. The van der Waals surface area contributed by atoms with Crippen LogP contribution in [-0.2, 0) is 15.4 Å². The Labute approximate surface area is 218 Å². The molecule has 3 aromatic carbocycles. The van der Waals surface area contributed by atoms with Crippen molar-refractivity contribution in [1.29, 1.82) is 0 Å². The second-order valence-electron chi connectivity index (χ2n) is 10.3. The van der Waals surface area contributed by atoms with Crippen molar-refractivity contribution in [2.75, 3.05) is 14.2 Å². The van der Waals surface area contributed by atoms with Crippen LogP contribution < -0.4 is 10.3 Å². The van der Waals surface area contributed by atoms with E-state index in [9.17, 15) is 13.2 Å². The van der Waals surface area contributed by atoms with Crippen LogP contribution in [0.1, 0.15) is 50.7 Å². The van der Waals surface area contributed by atoms with Crippen LogP contribution in [0.3, 0.4) is 0 Å². The second kappa shape index (κ2) is 9.76. The van der Waals surface area contributed by atoms with E-state index in [2.05, 4.69) is 20.8 Å². The van der Waals surface area contributed by atoms with Crippen LogP contribution in [0.4, 0.5) is 0 Å². The van der Waals surface area contributed by atoms with E-state index < -0.39 is 16.1 Å². The van der Waals surface area contributed by atoms with E-state index in [1.165, 1.54) is 23.0 Å². The first-order valence-electron chi connectivity index (χ1n) is 12.1. The number of benzene rings is 3. The number of rotatable bonds is 6. The number of nitrogens with zero attached hydrogens (tertiary/aromatic N) is 3. The minimum Gasteiger partial charge on any atom is -0.495 e. The molecule has 1 atom stereocenters. The molecule has 0 saturated heterocycles. The molecule has 0 aliphatic rings. The van der Waals surface area contributed by atoms with E-state index in [1.807, 2.05) is 31.2 Å². The predicted octanol–water partition coefficient (Wildman–Crippen LogP) is 5.38. The second-order valence-corrected chi connectivity index (χ2v) is 12.3. The summed E-state index contributed by atoms with van der Waals surface area (Å²) in [4.78, 5) is 18.8. The van der Waals surface area contributed by atoms with Crippen molar-refractivity contribution in [2.45, 2.75) is 51.0 Å². The van der Waals surface area contributed by atoms with E-state index in [0.29, 0.717) is 28.2 Å². The van der Waals surface area contributed by atoms with Gasteiger partial charge in [-0.1, -0.05) is 51.1 Å². The lowest BCUT2D eigenvalue weighted by molar-refractivity contribution is 0.376. The SMILES string of the molecule is COc1ccc(C)cc1-n1c(C(C)N(C)S(=O)(=O)c2ccc(C(C)(C)C)cc2)nc2ccccc2c1=O.